The number of nitrogens with zero attached hydrogens (tertiary/aromatic N) is 2. The lowest BCUT2D eigenvalue weighted by Crippen LogP contribution is -2.32. The maximum atomic E-state index is 4.46. The summed E-state index contributed by atoms with van der Waals surface area (Å²) in [6, 6.07) is 2.58. The van der Waals surface area contributed by atoms with Crippen LogP contribution in [0.15, 0.2) is 12.4 Å². The fourth-order valence-electron chi connectivity index (χ4n) is 2.24. The molecule has 0 saturated carbocycles. The standard InChI is InChI=1S/C14H25N3/c1-9(2)12-7-13(17-8-16-12)14(10(3)4)11(5)15-6/h7-11,14-15H,1-6H3. The van der Waals surface area contributed by atoms with Gasteiger partial charge < -0.3 is 5.32 Å². The third-order valence-corrected chi connectivity index (χ3v) is 3.35. The van der Waals surface area contributed by atoms with E-state index >= 15 is 0 Å². The molecule has 1 aromatic rings. The van der Waals surface area contributed by atoms with Gasteiger partial charge in [0.2, 0.25) is 0 Å². The lowest BCUT2D eigenvalue weighted by Gasteiger charge is -2.27. The molecule has 0 aliphatic carbocycles. The molecule has 0 saturated heterocycles. The van der Waals surface area contributed by atoms with Crippen molar-refractivity contribution in [2.45, 2.75) is 52.5 Å². The summed E-state index contributed by atoms with van der Waals surface area (Å²) < 4.78 is 0. The maximum Gasteiger partial charge on any atom is 0.115 e. The van der Waals surface area contributed by atoms with E-state index in [0.29, 0.717) is 23.8 Å². The van der Waals surface area contributed by atoms with Gasteiger partial charge in [0.1, 0.15) is 6.33 Å². The Labute approximate surface area is 105 Å². The van der Waals surface area contributed by atoms with Crippen LogP contribution in [-0.4, -0.2) is 23.1 Å². The second kappa shape index (κ2) is 6.10. The van der Waals surface area contributed by atoms with Crippen LogP contribution in [0.2, 0.25) is 0 Å². The zero-order chi connectivity index (χ0) is 13.0. The van der Waals surface area contributed by atoms with E-state index < -0.39 is 0 Å². The highest BCUT2D eigenvalue weighted by Crippen LogP contribution is 2.27. The predicted octanol–water partition coefficient (Wildman–Crippen LogP) is 2.95. The first kappa shape index (κ1) is 14.1. The molecule has 0 fully saturated rings. The largest absolute Gasteiger partial charge is 0.317 e. The van der Waals surface area contributed by atoms with E-state index in [4.69, 9.17) is 0 Å². The second-order valence-electron chi connectivity index (χ2n) is 5.37. The molecule has 0 aliphatic rings. The Bertz CT molecular complexity index is 347. The van der Waals surface area contributed by atoms with Gasteiger partial charge in [0.15, 0.2) is 0 Å². The van der Waals surface area contributed by atoms with Gasteiger partial charge in [0.25, 0.3) is 0 Å². The van der Waals surface area contributed by atoms with Crippen molar-refractivity contribution in [3.05, 3.63) is 23.8 Å². The van der Waals surface area contributed by atoms with Crippen LogP contribution < -0.4 is 5.32 Å². The van der Waals surface area contributed by atoms with Crippen LogP contribution >= 0.6 is 0 Å². The van der Waals surface area contributed by atoms with E-state index in [2.05, 4.69) is 56.0 Å². The van der Waals surface area contributed by atoms with Crippen LogP contribution in [-0.2, 0) is 0 Å². The fraction of sp³-hybridized carbons (Fsp3) is 0.714. The van der Waals surface area contributed by atoms with Gasteiger partial charge in [0, 0.05) is 23.3 Å². The first-order chi connectivity index (χ1) is 7.97. The third-order valence-electron chi connectivity index (χ3n) is 3.35. The van der Waals surface area contributed by atoms with E-state index in [0.717, 1.165) is 11.4 Å². The van der Waals surface area contributed by atoms with Gasteiger partial charge in [-0.15, -0.1) is 0 Å². The Balaban J connectivity index is 3.06. The highest BCUT2D eigenvalue weighted by molar-refractivity contribution is 5.17. The number of hydrogen-bond acceptors (Lipinski definition) is 3. The molecule has 0 radical (unpaired) electrons. The van der Waals surface area contributed by atoms with Crippen molar-refractivity contribution in [2.24, 2.45) is 5.92 Å². The minimum atomic E-state index is 0.421. The van der Waals surface area contributed by atoms with Crippen molar-refractivity contribution in [2.75, 3.05) is 7.05 Å². The Kier molecular flexibility index (Phi) is 5.06. The molecule has 96 valence electrons. The summed E-state index contributed by atoms with van der Waals surface area (Å²) in [5.74, 6) is 1.45. The van der Waals surface area contributed by atoms with Crippen LogP contribution in [0.1, 0.15) is 57.8 Å². The van der Waals surface area contributed by atoms with Crippen LogP contribution in [0.4, 0.5) is 0 Å². The van der Waals surface area contributed by atoms with Gasteiger partial charge in [-0.1, -0.05) is 27.7 Å². The van der Waals surface area contributed by atoms with Gasteiger partial charge in [0.05, 0.1) is 0 Å². The van der Waals surface area contributed by atoms with Gasteiger partial charge in [-0.2, -0.15) is 0 Å². The molecular formula is C14H25N3. The maximum absolute atomic E-state index is 4.46. The first-order valence-electron chi connectivity index (χ1n) is 6.46. The molecule has 17 heavy (non-hydrogen) atoms. The Morgan fingerprint density at radius 1 is 1.00 bits per heavy atom. The van der Waals surface area contributed by atoms with Crippen LogP contribution in [0.5, 0.6) is 0 Å². The molecule has 1 N–H and O–H groups in total. The zero-order valence-corrected chi connectivity index (χ0v) is 11.9. The summed E-state index contributed by atoms with van der Waals surface area (Å²) in [6.07, 6.45) is 1.70. The van der Waals surface area contributed by atoms with Crippen molar-refractivity contribution < 1.29 is 0 Å². The van der Waals surface area contributed by atoms with Crippen molar-refractivity contribution in [1.82, 2.24) is 15.3 Å². The topological polar surface area (TPSA) is 37.8 Å². The fourth-order valence-corrected chi connectivity index (χ4v) is 2.24. The lowest BCUT2D eigenvalue weighted by molar-refractivity contribution is 0.387. The van der Waals surface area contributed by atoms with E-state index in [1.807, 2.05) is 7.05 Å². The molecule has 1 heterocycles. The summed E-state index contributed by atoms with van der Waals surface area (Å²) in [4.78, 5) is 8.80. The molecule has 3 nitrogen and oxygen atoms in total. The summed E-state index contributed by atoms with van der Waals surface area (Å²) in [5, 5.41) is 3.33. The molecule has 0 amide bonds. The molecule has 2 unspecified atom stereocenters. The average Bonchev–Trinajstić information content (AvgIpc) is 2.28. The third kappa shape index (κ3) is 3.50. The molecule has 2 atom stereocenters. The van der Waals surface area contributed by atoms with E-state index in [9.17, 15) is 0 Å². The summed E-state index contributed by atoms with van der Waals surface area (Å²) in [5.41, 5.74) is 2.28. The lowest BCUT2D eigenvalue weighted by atomic mass is 9.85. The van der Waals surface area contributed by atoms with Gasteiger partial charge in [-0.3, -0.25) is 0 Å². The highest BCUT2D eigenvalue weighted by Gasteiger charge is 2.23. The first-order valence-corrected chi connectivity index (χ1v) is 6.46. The SMILES string of the molecule is CNC(C)C(c1cc(C(C)C)ncn1)C(C)C. The zero-order valence-electron chi connectivity index (χ0n) is 11.9. The van der Waals surface area contributed by atoms with Gasteiger partial charge in [-0.25, -0.2) is 9.97 Å². The smallest absolute Gasteiger partial charge is 0.115 e. The highest BCUT2D eigenvalue weighted by atomic mass is 14.9. The molecule has 1 aromatic heterocycles. The number of rotatable bonds is 5. The molecule has 0 aromatic carbocycles. The predicted molar refractivity (Wildman–Crippen MR) is 72.2 cm³/mol. The summed E-state index contributed by atoms with van der Waals surface area (Å²) in [6.45, 7) is 11.0. The molecule has 1 rings (SSSR count). The van der Waals surface area contributed by atoms with Gasteiger partial charge >= 0.3 is 0 Å². The van der Waals surface area contributed by atoms with Gasteiger partial charge in [-0.05, 0) is 31.9 Å². The summed E-state index contributed by atoms with van der Waals surface area (Å²) in [7, 11) is 2.00. The van der Waals surface area contributed by atoms with E-state index in [1.165, 1.54) is 0 Å². The summed E-state index contributed by atoms with van der Waals surface area (Å²) >= 11 is 0. The average molecular weight is 235 g/mol. The molecule has 3 heteroatoms. The second-order valence-corrected chi connectivity index (χ2v) is 5.37. The number of aromatic nitrogens is 2. The van der Waals surface area contributed by atoms with E-state index in [1.54, 1.807) is 6.33 Å². The normalized spacial score (nSPS) is 15.3. The minimum Gasteiger partial charge on any atom is -0.317 e. The monoisotopic (exact) mass is 235 g/mol. The van der Waals surface area contributed by atoms with Crippen molar-refractivity contribution in [3.8, 4) is 0 Å². The van der Waals surface area contributed by atoms with Crippen LogP contribution in [0, 0.1) is 5.92 Å². The quantitative estimate of drug-likeness (QED) is 0.852. The molecule has 0 spiro atoms. The number of hydrogen-bond donors (Lipinski definition) is 1. The molecular weight excluding hydrogens is 210 g/mol. The van der Waals surface area contributed by atoms with E-state index in [-0.39, 0.29) is 0 Å². The van der Waals surface area contributed by atoms with Crippen LogP contribution in [0.25, 0.3) is 0 Å². The van der Waals surface area contributed by atoms with Crippen molar-refractivity contribution in [3.63, 3.8) is 0 Å². The van der Waals surface area contributed by atoms with Crippen molar-refractivity contribution >= 4 is 0 Å². The number of nitrogens with one attached hydrogen (secondary N) is 1. The molecule has 0 aliphatic heterocycles. The minimum absolute atomic E-state index is 0.421. The van der Waals surface area contributed by atoms with Crippen molar-refractivity contribution in [1.29, 1.82) is 0 Å². The Morgan fingerprint density at radius 3 is 2.06 bits per heavy atom. The van der Waals surface area contributed by atoms with Crippen LogP contribution in [0.3, 0.4) is 0 Å². The Morgan fingerprint density at radius 2 is 1.59 bits per heavy atom. The number of likely N-dealkylation sites (N-methyl/N-ethyl adjacent to an activating group) is 1. The molecule has 0 bridgehead atoms. The Hall–Kier alpha value is -0.960.